The Balaban J connectivity index is 2.43. The van der Waals surface area contributed by atoms with Gasteiger partial charge in [0.25, 0.3) is 0 Å². The molecular weight excluding hydrogens is 410 g/mol. The number of rotatable bonds is 12. The molecule has 1 atom stereocenters. The highest BCUT2D eigenvalue weighted by Gasteiger charge is 2.44. The Kier molecular flexibility index (Phi) is 8.71. The summed E-state index contributed by atoms with van der Waals surface area (Å²) in [6.45, 7) is 10.1. The summed E-state index contributed by atoms with van der Waals surface area (Å²) in [6.07, 6.45) is 3.22. The smallest absolute Gasteiger partial charge is 0.220 e. The number of hydrogen-bond donors (Lipinski definition) is 0. The molecule has 0 saturated heterocycles. The molecular formula is C25H35NO4S. The first-order chi connectivity index (χ1) is 14.7. The normalized spacial score (nSPS) is 13.1. The Labute approximate surface area is 187 Å². The van der Waals surface area contributed by atoms with E-state index in [0.29, 0.717) is 6.42 Å². The Morgan fingerprint density at radius 3 is 1.68 bits per heavy atom. The van der Waals surface area contributed by atoms with Crippen LogP contribution in [-0.2, 0) is 23.1 Å². The fraction of sp³-hybridized carbons (Fsp3) is 0.440. The van der Waals surface area contributed by atoms with Crippen LogP contribution in [0.4, 0.5) is 0 Å². The molecule has 0 radical (unpaired) electrons. The minimum absolute atomic E-state index is 0.0239. The van der Waals surface area contributed by atoms with Gasteiger partial charge in [-0.05, 0) is 61.6 Å². The molecule has 0 amide bonds. The maximum absolute atomic E-state index is 13.9. The van der Waals surface area contributed by atoms with Gasteiger partial charge in [0.05, 0.1) is 19.0 Å². The molecule has 0 spiro atoms. The lowest BCUT2D eigenvalue weighted by Gasteiger charge is -2.37. The average Bonchev–Trinajstić information content (AvgIpc) is 2.77. The summed E-state index contributed by atoms with van der Waals surface area (Å²) in [7, 11) is -0.412. The Bertz CT molecular complexity index is 885. The monoisotopic (exact) mass is 445 g/mol. The van der Waals surface area contributed by atoms with Gasteiger partial charge in [-0.3, -0.25) is 0 Å². The predicted molar refractivity (Wildman–Crippen MR) is 127 cm³/mol. The van der Waals surface area contributed by atoms with E-state index in [2.05, 4.69) is 6.58 Å². The maximum atomic E-state index is 13.9. The fourth-order valence-electron chi connectivity index (χ4n) is 3.78. The molecule has 0 fully saturated rings. The molecule has 31 heavy (non-hydrogen) atoms. The number of ether oxygens (including phenoxy) is 2. The van der Waals surface area contributed by atoms with E-state index in [-0.39, 0.29) is 19.0 Å². The molecule has 170 valence electrons. The van der Waals surface area contributed by atoms with E-state index >= 15 is 0 Å². The van der Waals surface area contributed by atoms with Gasteiger partial charge in [0.1, 0.15) is 11.5 Å². The SMILES string of the molecule is C=CC[C@@H](CC)C(C)(C)S(=O)(=O)N(Cc1ccc(OC)cc1)Cc1ccc(OC)cc1. The molecule has 0 aromatic heterocycles. The number of allylic oxidation sites excluding steroid dienone is 1. The standard InChI is InChI=1S/C25H35NO4S/c1-7-9-22(8-2)25(3,4)31(27,28)26(18-20-10-14-23(29-5)15-11-20)19-21-12-16-24(30-6)17-13-21/h7,10-17,22H,1,8-9,18-19H2,2-6H3/t22-/m1/s1. The minimum atomic E-state index is -3.64. The van der Waals surface area contributed by atoms with Crippen LogP contribution in [0.2, 0.25) is 0 Å². The van der Waals surface area contributed by atoms with Gasteiger partial charge in [0.15, 0.2) is 0 Å². The third-order valence-electron chi connectivity index (χ3n) is 5.97. The van der Waals surface area contributed by atoms with Crippen LogP contribution in [0.1, 0.15) is 44.7 Å². The first-order valence-electron chi connectivity index (χ1n) is 10.6. The van der Waals surface area contributed by atoms with Crippen molar-refractivity contribution in [1.29, 1.82) is 0 Å². The fourth-order valence-corrected chi connectivity index (χ4v) is 5.77. The zero-order chi connectivity index (χ0) is 23.1. The van der Waals surface area contributed by atoms with Gasteiger partial charge in [-0.25, -0.2) is 8.42 Å². The van der Waals surface area contributed by atoms with E-state index < -0.39 is 14.8 Å². The summed E-state index contributed by atoms with van der Waals surface area (Å²) < 4.78 is 39.0. The highest BCUT2D eigenvalue weighted by atomic mass is 32.2. The highest BCUT2D eigenvalue weighted by molar-refractivity contribution is 7.90. The van der Waals surface area contributed by atoms with Crippen LogP contribution in [0.25, 0.3) is 0 Å². The van der Waals surface area contributed by atoms with Crippen molar-refractivity contribution in [3.8, 4) is 11.5 Å². The maximum Gasteiger partial charge on any atom is 0.220 e. The largest absolute Gasteiger partial charge is 0.497 e. The van der Waals surface area contributed by atoms with Crippen LogP contribution in [0.5, 0.6) is 11.5 Å². The van der Waals surface area contributed by atoms with Crippen LogP contribution in [0.15, 0.2) is 61.2 Å². The molecule has 2 aromatic carbocycles. The van der Waals surface area contributed by atoms with Gasteiger partial charge >= 0.3 is 0 Å². The Morgan fingerprint density at radius 2 is 1.35 bits per heavy atom. The lowest BCUT2D eigenvalue weighted by molar-refractivity contribution is 0.332. The van der Waals surface area contributed by atoms with Gasteiger partial charge in [-0.2, -0.15) is 4.31 Å². The molecule has 2 rings (SSSR count). The number of hydrogen-bond acceptors (Lipinski definition) is 4. The van der Waals surface area contributed by atoms with Crippen molar-refractivity contribution in [2.24, 2.45) is 5.92 Å². The van der Waals surface area contributed by atoms with Crippen LogP contribution in [-0.4, -0.2) is 31.7 Å². The quantitative estimate of drug-likeness (QED) is 0.410. The summed E-state index contributed by atoms with van der Waals surface area (Å²) in [5.74, 6) is 1.46. The lowest BCUT2D eigenvalue weighted by atomic mass is 9.89. The van der Waals surface area contributed by atoms with E-state index in [9.17, 15) is 8.42 Å². The number of nitrogens with zero attached hydrogens (tertiary/aromatic N) is 1. The van der Waals surface area contributed by atoms with Gasteiger partial charge in [0, 0.05) is 13.1 Å². The minimum Gasteiger partial charge on any atom is -0.497 e. The van der Waals surface area contributed by atoms with Gasteiger partial charge in [-0.1, -0.05) is 43.7 Å². The van der Waals surface area contributed by atoms with Crippen LogP contribution in [0, 0.1) is 5.92 Å². The first kappa shape index (κ1) is 25.0. The van der Waals surface area contributed by atoms with Crippen molar-refractivity contribution in [3.05, 3.63) is 72.3 Å². The summed E-state index contributed by atoms with van der Waals surface area (Å²) >= 11 is 0. The number of sulfonamides is 1. The average molecular weight is 446 g/mol. The summed E-state index contributed by atoms with van der Waals surface area (Å²) in [5, 5.41) is 0. The molecule has 0 aliphatic heterocycles. The summed E-state index contributed by atoms with van der Waals surface area (Å²) in [4.78, 5) is 0. The molecule has 0 aliphatic carbocycles. The third kappa shape index (κ3) is 5.89. The first-order valence-corrected chi connectivity index (χ1v) is 12.0. The number of methoxy groups -OCH3 is 2. The van der Waals surface area contributed by atoms with Gasteiger partial charge in [-0.15, -0.1) is 6.58 Å². The van der Waals surface area contributed by atoms with Crippen LogP contribution in [0.3, 0.4) is 0 Å². The molecule has 0 aliphatic rings. The van der Waals surface area contributed by atoms with Gasteiger partial charge in [0.2, 0.25) is 10.0 Å². The van der Waals surface area contributed by atoms with Crippen molar-refractivity contribution in [1.82, 2.24) is 4.31 Å². The Hall–Kier alpha value is -2.31. The molecule has 0 saturated carbocycles. The second kappa shape index (κ2) is 10.8. The summed E-state index contributed by atoms with van der Waals surface area (Å²) in [6, 6.07) is 15.0. The van der Waals surface area contributed by atoms with Gasteiger partial charge < -0.3 is 9.47 Å². The van der Waals surface area contributed by atoms with Crippen molar-refractivity contribution < 1.29 is 17.9 Å². The van der Waals surface area contributed by atoms with E-state index in [1.807, 2.05) is 75.4 Å². The van der Waals surface area contributed by atoms with Crippen molar-refractivity contribution in [2.75, 3.05) is 14.2 Å². The Morgan fingerprint density at radius 1 is 0.935 bits per heavy atom. The topological polar surface area (TPSA) is 55.8 Å². The molecule has 0 bridgehead atoms. The summed E-state index contributed by atoms with van der Waals surface area (Å²) in [5.41, 5.74) is 1.82. The number of benzene rings is 2. The van der Waals surface area contributed by atoms with Crippen molar-refractivity contribution >= 4 is 10.0 Å². The lowest BCUT2D eigenvalue weighted by Crippen LogP contribution is -2.48. The molecule has 2 aromatic rings. The highest BCUT2D eigenvalue weighted by Crippen LogP contribution is 2.35. The molecule has 6 heteroatoms. The van der Waals surface area contributed by atoms with E-state index in [1.54, 1.807) is 18.5 Å². The van der Waals surface area contributed by atoms with Crippen LogP contribution < -0.4 is 9.47 Å². The third-order valence-corrected chi connectivity index (χ3v) is 8.57. The molecule has 5 nitrogen and oxygen atoms in total. The zero-order valence-corrected chi connectivity index (χ0v) is 20.1. The van der Waals surface area contributed by atoms with E-state index in [4.69, 9.17) is 9.47 Å². The van der Waals surface area contributed by atoms with Crippen molar-refractivity contribution in [3.63, 3.8) is 0 Å². The predicted octanol–water partition coefficient (Wildman–Crippen LogP) is 5.42. The zero-order valence-electron chi connectivity index (χ0n) is 19.3. The second-order valence-corrected chi connectivity index (χ2v) is 10.7. The van der Waals surface area contributed by atoms with E-state index in [0.717, 1.165) is 29.0 Å². The van der Waals surface area contributed by atoms with Crippen molar-refractivity contribution in [2.45, 2.75) is 51.4 Å². The second-order valence-electron chi connectivity index (χ2n) is 8.20. The molecule has 0 N–H and O–H groups in total. The molecule has 0 heterocycles. The van der Waals surface area contributed by atoms with Crippen LogP contribution >= 0.6 is 0 Å². The van der Waals surface area contributed by atoms with E-state index in [1.165, 1.54) is 0 Å². The molecule has 0 unspecified atom stereocenters.